The Hall–Kier alpha value is -1.66. The Balaban J connectivity index is 2.61. The molecule has 0 bridgehead atoms. The maximum atomic E-state index is 8.97. The van der Waals surface area contributed by atoms with Gasteiger partial charge in [0.15, 0.2) is 0 Å². The molecule has 0 saturated carbocycles. The van der Waals surface area contributed by atoms with Crippen LogP contribution in [-0.4, -0.2) is 4.98 Å². The van der Waals surface area contributed by atoms with Gasteiger partial charge >= 0.3 is 0 Å². The third-order valence-electron chi connectivity index (χ3n) is 2.97. The van der Waals surface area contributed by atoms with Crippen LogP contribution in [0.15, 0.2) is 12.1 Å². The number of hydrogen-bond acceptors (Lipinski definition) is 3. The molecule has 0 aliphatic carbocycles. The zero-order chi connectivity index (χ0) is 12.6. The minimum atomic E-state index is 0.706. The lowest BCUT2D eigenvalue weighted by atomic mass is 10.0. The molecule has 0 N–H and O–H groups in total. The number of rotatable bonds is 1. The standard InChI is InChI=1S/C14H14N2S/c1-8-5-10(3)12(6-9(8)2)14-16-11(4)13(7-15)17-14/h5-6H,1-4H3. The summed E-state index contributed by atoms with van der Waals surface area (Å²) < 4.78 is 0. The fraction of sp³-hybridized carbons (Fsp3) is 0.286. The molecule has 1 heterocycles. The van der Waals surface area contributed by atoms with Crippen molar-refractivity contribution in [2.75, 3.05) is 0 Å². The maximum Gasteiger partial charge on any atom is 0.128 e. The van der Waals surface area contributed by atoms with Crippen LogP contribution in [0.4, 0.5) is 0 Å². The largest absolute Gasteiger partial charge is 0.240 e. The van der Waals surface area contributed by atoms with E-state index >= 15 is 0 Å². The van der Waals surface area contributed by atoms with Crippen LogP contribution in [0.3, 0.4) is 0 Å². The average Bonchev–Trinajstić information content (AvgIpc) is 2.65. The van der Waals surface area contributed by atoms with Gasteiger partial charge in [0.1, 0.15) is 16.0 Å². The topological polar surface area (TPSA) is 36.7 Å². The highest BCUT2D eigenvalue weighted by Crippen LogP contribution is 2.31. The van der Waals surface area contributed by atoms with Crippen LogP contribution in [0.25, 0.3) is 10.6 Å². The molecule has 3 heteroatoms. The number of nitriles is 1. The molecule has 0 aliphatic heterocycles. The molecule has 0 amide bonds. The first-order chi connectivity index (χ1) is 8.02. The minimum absolute atomic E-state index is 0.706. The van der Waals surface area contributed by atoms with Crippen molar-refractivity contribution in [3.63, 3.8) is 0 Å². The van der Waals surface area contributed by atoms with Crippen LogP contribution in [-0.2, 0) is 0 Å². The molecule has 17 heavy (non-hydrogen) atoms. The van der Waals surface area contributed by atoms with Gasteiger partial charge in [-0.1, -0.05) is 6.07 Å². The van der Waals surface area contributed by atoms with E-state index in [1.165, 1.54) is 28.0 Å². The van der Waals surface area contributed by atoms with E-state index in [2.05, 4.69) is 44.0 Å². The molecule has 2 nitrogen and oxygen atoms in total. The van der Waals surface area contributed by atoms with Crippen molar-refractivity contribution < 1.29 is 0 Å². The van der Waals surface area contributed by atoms with Gasteiger partial charge in [0.05, 0.1) is 5.69 Å². The summed E-state index contributed by atoms with van der Waals surface area (Å²) in [6, 6.07) is 6.52. The second-order valence-corrected chi connectivity index (χ2v) is 5.30. The molecule has 2 rings (SSSR count). The van der Waals surface area contributed by atoms with E-state index in [1.807, 2.05) is 6.92 Å². The van der Waals surface area contributed by atoms with Crippen molar-refractivity contribution in [2.24, 2.45) is 0 Å². The zero-order valence-electron chi connectivity index (χ0n) is 10.5. The summed E-state index contributed by atoms with van der Waals surface area (Å²) in [5, 5.41) is 9.91. The lowest BCUT2D eigenvalue weighted by Gasteiger charge is -2.07. The summed E-state index contributed by atoms with van der Waals surface area (Å²) in [5.74, 6) is 0. The lowest BCUT2D eigenvalue weighted by Crippen LogP contribution is -1.88. The van der Waals surface area contributed by atoms with Gasteiger partial charge in [-0.05, 0) is 50.5 Å². The van der Waals surface area contributed by atoms with E-state index in [4.69, 9.17) is 5.26 Å². The molecule has 2 aromatic rings. The van der Waals surface area contributed by atoms with Gasteiger partial charge in [-0.15, -0.1) is 11.3 Å². The first kappa shape index (κ1) is 11.8. The lowest BCUT2D eigenvalue weighted by molar-refractivity contribution is 1.23. The second-order valence-electron chi connectivity index (χ2n) is 4.30. The molecule has 0 aliphatic rings. The Kier molecular flexibility index (Phi) is 2.99. The molecule has 0 fully saturated rings. The molecule has 0 atom stereocenters. The van der Waals surface area contributed by atoms with Gasteiger partial charge in [-0.2, -0.15) is 5.26 Å². The van der Waals surface area contributed by atoms with Gasteiger partial charge in [-0.25, -0.2) is 4.98 Å². The molecule has 0 radical (unpaired) electrons. The fourth-order valence-electron chi connectivity index (χ4n) is 1.81. The van der Waals surface area contributed by atoms with Crippen molar-refractivity contribution in [1.82, 2.24) is 4.98 Å². The molecular weight excluding hydrogens is 228 g/mol. The molecule has 1 aromatic carbocycles. The predicted molar refractivity (Wildman–Crippen MR) is 71.2 cm³/mol. The average molecular weight is 242 g/mol. The number of hydrogen-bond donors (Lipinski definition) is 0. The summed E-state index contributed by atoms with van der Waals surface area (Å²) in [5.41, 5.74) is 5.73. The van der Waals surface area contributed by atoms with Crippen LogP contribution in [0, 0.1) is 39.0 Å². The highest BCUT2D eigenvalue weighted by molar-refractivity contribution is 7.15. The molecule has 1 aromatic heterocycles. The quantitative estimate of drug-likeness (QED) is 0.760. The summed E-state index contributed by atoms with van der Waals surface area (Å²) >= 11 is 1.47. The Morgan fingerprint density at radius 2 is 1.71 bits per heavy atom. The Labute approximate surface area is 106 Å². The van der Waals surface area contributed by atoms with Crippen molar-refractivity contribution in [3.8, 4) is 16.6 Å². The third kappa shape index (κ3) is 2.09. The van der Waals surface area contributed by atoms with E-state index in [-0.39, 0.29) is 0 Å². The minimum Gasteiger partial charge on any atom is -0.240 e. The Morgan fingerprint density at radius 1 is 1.06 bits per heavy atom. The van der Waals surface area contributed by atoms with Crippen LogP contribution >= 0.6 is 11.3 Å². The third-order valence-corrected chi connectivity index (χ3v) is 4.06. The van der Waals surface area contributed by atoms with Crippen LogP contribution in [0.5, 0.6) is 0 Å². The first-order valence-electron chi connectivity index (χ1n) is 5.48. The van der Waals surface area contributed by atoms with Crippen LogP contribution < -0.4 is 0 Å². The maximum absolute atomic E-state index is 8.97. The van der Waals surface area contributed by atoms with E-state index in [0.29, 0.717) is 4.88 Å². The monoisotopic (exact) mass is 242 g/mol. The molecule has 0 unspecified atom stereocenters. The summed E-state index contributed by atoms with van der Waals surface area (Å²) in [4.78, 5) is 5.19. The van der Waals surface area contributed by atoms with Crippen LogP contribution in [0.1, 0.15) is 27.3 Å². The van der Waals surface area contributed by atoms with Gasteiger partial charge in [0, 0.05) is 5.56 Å². The molecule has 0 spiro atoms. The summed E-state index contributed by atoms with van der Waals surface area (Å²) in [6.45, 7) is 8.18. The molecular formula is C14H14N2S. The van der Waals surface area contributed by atoms with Crippen molar-refractivity contribution >= 4 is 11.3 Å². The van der Waals surface area contributed by atoms with E-state index < -0.39 is 0 Å². The number of benzene rings is 1. The van der Waals surface area contributed by atoms with E-state index in [0.717, 1.165) is 16.3 Å². The zero-order valence-corrected chi connectivity index (χ0v) is 11.3. The fourth-order valence-corrected chi connectivity index (χ4v) is 2.75. The predicted octanol–water partition coefficient (Wildman–Crippen LogP) is 3.92. The Morgan fingerprint density at radius 3 is 2.29 bits per heavy atom. The van der Waals surface area contributed by atoms with Crippen molar-refractivity contribution in [1.29, 1.82) is 5.26 Å². The van der Waals surface area contributed by atoms with Gasteiger partial charge in [-0.3, -0.25) is 0 Å². The van der Waals surface area contributed by atoms with Gasteiger partial charge in [0.2, 0.25) is 0 Å². The molecule has 0 saturated heterocycles. The van der Waals surface area contributed by atoms with Crippen molar-refractivity contribution in [2.45, 2.75) is 27.7 Å². The second kappa shape index (κ2) is 4.31. The Bertz CT molecular complexity index is 618. The number of aromatic nitrogens is 1. The number of nitrogens with zero attached hydrogens (tertiary/aromatic N) is 2. The van der Waals surface area contributed by atoms with E-state index in [1.54, 1.807) is 0 Å². The normalized spacial score (nSPS) is 10.3. The first-order valence-corrected chi connectivity index (χ1v) is 6.30. The molecule has 86 valence electrons. The number of aryl methyl sites for hydroxylation is 4. The number of thiazole rings is 1. The smallest absolute Gasteiger partial charge is 0.128 e. The van der Waals surface area contributed by atoms with Crippen LogP contribution in [0.2, 0.25) is 0 Å². The highest BCUT2D eigenvalue weighted by Gasteiger charge is 2.11. The van der Waals surface area contributed by atoms with Gasteiger partial charge < -0.3 is 0 Å². The highest BCUT2D eigenvalue weighted by atomic mass is 32.1. The SMILES string of the molecule is Cc1cc(C)c(-c2nc(C)c(C#N)s2)cc1C. The van der Waals surface area contributed by atoms with E-state index in [9.17, 15) is 0 Å². The van der Waals surface area contributed by atoms with Crippen molar-refractivity contribution in [3.05, 3.63) is 39.4 Å². The summed E-state index contributed by atoms with van der Waals surface area (Å²) in [7, 11) is 0. The van der Waals surface area contributed by atoms with Gasteiger partial charge in [0.25, 0.3) is 0 Å². The summed E-state index contributed by atoms with van der Waals surface area (Å²) in [6.07, 6.45) is 0.